The first-order valence-corrected chi connectivity index (χ1v) is 13.3. The fourth-order valence-electron chi connectivity index (χ4n) is 3.91. The van der Waals surface area contributed by atoms with Crippen molar-refractivity contribution >= 4 is 32.5 Å². The van der Waals surface area contributed by atoms with Gasteiger partial charge in [0.25, 0.3) is 10.0 Å². The summed E-state index contributed by atoms with van der Waals surface area (Å²) in [7, 11) is -4.04. The van der Waals surface area contributed by atoms with Gasteiger partial charge in [-0.3, -0.25) is 0 Å². The van der Waals surface area contributed by atoms with Gasteiger partial charge in [-0.2, -0.15) is 8.78 Å². The van der Waals surface area contributed by atoms with E-state index in [2.05, 4.69) is 0 Å². The Morgan fingerprint density at radius 3 is 2.53 bits per heavy atom. The smallest absolute Gasteiger partial charge is 0.340 e. The summed E-state index contributed by atoms with van der Waals surface area (Å²) in [6.07, 6.45) is -1.91. The fourth-order valence-corrected chi connectivity index (χ4v) is 5.59. The second-order valence-corrected chi connectivity index (χ2v) is 10.9. The third kappa shape index (κ3) is 6.28. The van der Waals surface area contributed by atoms with Gasteiger partial charge >= 0.3 is 12.3 Å². The zero-order chi connectivity index (χ0) is 27.5. The molecule has 0 saturated heterocycles. The summed E-state index contributed by atoms with van der Waals surface area (Å²) in [5.74, 6) is -4.78. The molecule has 202 valence electrons. The molecule has 0 aliphatic rings. The summed E-state index contributed by atoms with van der Waals surface area (Å²) in [4.78, 5) is -0.0299. The maximum atomic E-state index is 14.0. The molecule has 2 N–H and O–H groups in total. The number of alkyl halides is 4. The monoisotopic (exact) mass is 573 g/mol. The van der Waals surface area contributed by atoms with Crippen LogP contribution in [0.5, 0.6) is 5.75 Å². The molecule has 12 heteroatoms. The SMILES string of the molecule is O=S(=O)(c1cccc(Cl)c1)n1cc(CC[NH2+]Cc2cccc(OCC(F)(F)C(F)F)c2)c2ccc(F)cc21. The first-order chi connectivity index (χ1) is 18.0. The normalized spacial score (nSPS) is 12.4. The standard InChI is InChI=1S/C26H22ClF5N2O3S/c27-19-4-2-6-22(12-19)38(35,36)34-15-18(23-8-7-20(28)13-24(23)34)9-10-33-14-17-3-1-5-21(11-17)37-16-26(31,32)25(29)30/h1-8,11-13,15,25,33H,9-10,14,16H2/p+1. The highest BCUT2D eigenvalue weighted by molar-refractivity contribution is 7.90. The van der Waals surface area contributed by atoms with Gasteiger partial charge in [-0.25, -0.2) is 25.6 Å². The minimum Gasteiger partial charge on any atom is -0.487 e. The Morgan fingerprint density at radius 2 is 1.79 bits per heavy atom. The average Bonchev–Trinajstić information content (AvgIpc) is 3.24. The van der Waals surface area contributed by atoms with E-state index in [4.69, 9.17) is 16.3 Å². The predicted octanol–water partition coefficient (Wildman–Crippen LogP) is 5.26. The molecule has 3 aromatic carbocycles. The number of fused-ring (bicyclic) bond motifs is 1. The van der Waals surface area contributed by atoms with E-state index in [-0.39, 0.29) is 21.2 Å². The summed E-state index contributed by atoms with van der Waals surface area (Å²) in [6, 6.07) is 15.9. The lowest BCUT2D eigenvalue weighted by molar-refractivity contribution is -0.670. The van der Waals surface area contributed by atoms with E-state index < -0.39 is 34.8 Å². The van der Waals surface area contributed by atoms with Gasteiger partial charge in [0.1, 0.15) is 18.1 Å². The highest BCUT2D eigenvalue weighted by atomic mass is 35.5. The number of ether oxygens (including phenoxy) is 1. The number of nitrogens with zero attached hydrogens (tertiary/aromatic N) is 1. The molecule has 0 bridgehead atoms. The van der Waals surface area contributed by atoms with Gasteiger partial charge in [0, 0.05) is 28.6 Å². The number of rotatable bonds is 11. The quantitative estimate of drug-likeness (QED) is 0.197. The molecule has 0 atom stereocenters. The van der Waals surface area contributed by atoms with Crippen molar-refractivity contribution in [1.82, 2.24) is 3.97 Å². The molecule has 0 aliphatic heterocycles. The molecular weight excluding hydrogens is 551 g/mol. The van der Waals surface area contributed by atoms with E-state index in [1.165, 1.54) is 48.7 Å². The van der Waals surface area contributed by atoms with Crippen molar-refractivity contribution < 1.29 is 40.4 Å². The van der Waals surface area contributed by atoms with E-state index >= 15 is 0 Å². The second kappa shape index (κ2) is 11.3. The molecule has 5 nitrogen and oxygen atoms in total. The fraction of sp³-hybridized carbons (Fsp3) is 0.231. The van der Waals surface area contributed by atoms with Crippen LogP contribution in [0.3, 0.4) is 0 Å². The van der Waals surface area contributed by atoms with Crippen molar-refractivity contribution in [2.75, 3.05) is 13.2 Å². The van der Waals surface area contributed by atoms with E-state index in [0.29, 0.717) is 30.5 Å². The summed E-state index contributed by atoms with van der Waals surface area (Å²) >= 11 is 5.97. The van der Waals surface area contributed by atoms with Gasteiger partial charge in [-0.1, -0.05) is 29.8 Å². The minimum atomic E-state index is -4.25. The Hall–Kier alpha value is -3.15. The lowest BCUT2D eigenvalue weighted by Gasteiger charge is -2.16. The lowest BCUT2D eigenvalue weighted by atomic mass is 10.1. The molecule has 4 rings (SSSR count). The Labute approximate surface area is 220 Å². The van der Waals surface area contributed by atoms with Crippen LogP contribution in [0, 0.1) is 5.82 Å². The Morgan fingerprint density at radius 1 is 1.03 bits per heavy atom. The lowest BCUT2D eigenvalue weighted by Crippen LogP contribution is -2.83. The number of halogens is 6. The van der Waals surface area contributed by atoms with Gasteiger partial charge < -0.3 is 10.1 Å². The average molecular weight is 574 g/mol. The van der Waals surface area contributed by atoms with Crippen LogP contribution in [0.1, 0.15) is 11.1 Å². The summed E-state index contributed by atoms with van der Waals surface area (Å²) < 4.78 is 97.4. The van der Waals surface area contributed by atoms with Crippen LogP contribution in [-0.2, 0) is 23.0 Å². The van der Waals surface area contributed by atoms with Crippen molar-refractivity contribution in [3.63, 3.8) is 0 Å². The van der Waals surface area contributed by atoms with Gasteiger partial charge in [-0.05, 0) is 54.1 Å². The zero-order valence-electron chi connectivity index (χ0n) is 19.8. The largest absolute Gasteiger partial charge is 0.487 e. The molecule has 0 spiro atoms. The van der Waals surface area contributed by atoms with Crippen LogP contribution in [-0.4, -0.2) is 37.9 Å². The molecule has 0 radical (unpaired) electrons. The van der Waals surface area contributed by atoms with Gasteiger partial charge in [-0.15, -0.1) is 0 Å². The van der Waals surface area contributed by atoms with E-state index in [1.807, 2.05) is 5.32 Å². The van der Waals surface area contributed by atoms with E-state index in [1.54, 1.807) is 18.2 Å². The maximum absolute atomic E-state index is 14.0. The minimum absolute atomic E-state index is 0.0299. The Balaban J connectivity index is 1.46. The number of nitrogens with two attached hydrogens (primary N) is 1. The van der Waals surface area contributed by atoms with Crippen molar-refractivity contribution in [3.05, 3.63) is 94.9 Å². The maximum Gasteiger partial charge on any atom is 0.340 e. The molecule has 1 aromatic heterocycles. The molecule has 38 heavy (non-hydrogen) atoms. The highest BCUT2D eigenvalue weighted by Gasteiger charge is 2.41. The van der Waals surface area contributed by atoms with Crippen LogP contribution in [0.25, 0.3) is 10.9 Å². The molecule has 1 heterocycles. The summed E-state index contributed by atoms with van der Waals surface area (Å²) in [5.41, 5.74) is 1.61. The summed E-state index contributed by atoms with van der Waals surface area (Å²) in [6.45, 7) is -0.487. The third-order valence-electron chi connectivity index (χ3n) is 5.82. The van der Waals surface area contributed by atoms with Crippen LogP contribution >= 0.6 is 11.6 Å². The number of quaternary nitrogens is 1. The molecule has 0 saturated carbocycles. The van der Waals surface area contributed by atoms with Gasteiger partial charge in [0.05, 0.1) is 17.0 Å². The zero-order valence-corrected chi connectivity index (χ0v) is 21.3. The van der Waals surface area contributed by atoms with Crippen molar-refractivity contribution in [2.45, 2.75) is 30.2 Å². The van der Waals surface area contributed by atoms with Crippen LogP contribution < -0.4 is 10.1 Å². The second-order valence-electron chi connectivity index (χ2n) is 8.60. The van der Waals surface area contributed by atoms with Crippen molar-refractivity contribution in [2.24, 2.45) is 0 Å². The molecule has 0 unspecified atom stereocenters. The molecule has 4 aromatic rings. The summed E-state index contributed by atoms with van der Waals surface area (Å²) in [5, 5.41) is 2.74. The van der Waals surface area contributed by atoms with E-state index in [0.717, 1.165) is 15.6 Å². The number of hydrogen-bond donors (Lipinski definition) is 1. The Kier molecular flexibility index (Phi) is 8.29. The molecule has 0 aliphatic carbocycles. The van der Waals surface area contributed by atoms with Crippen molar-refractivity contribution in [1.29, 1.82) is 0 Å². The predicted molar refractivity (Wildman–Crippen MR) is 133 cm³/mol. The van der Waals surface area contributed by atoms with Crippen LogP contribution in [0.4, 0.5) is 22.0 Å². The topological polar surface area (TPSA) is 64.9 Å². The Bertz CT molecular complexity index is 1540. The van der Waals surface area contributed by atoms with Gasteiger partial charge in [0.15, 0.2) is 6.61 Å². The molecule has 0 fully saturated rings. The first-order valence-electron chi connectivity index (χ1n) is 11.5. The van der Waals surface area contributed by atoms with Crippen LogP contribution in [0.2, 0.25) is 5.02 Å². The highest BCUT2D eigenvalue weighted by Crippen LogP contribution is 2.28. The van der Waals surface area contributed by atoms with E-state index in [9.17, 15) is 30.4 Å². The number of aromatic nitrogens is 1. The first kappa shape index (κ1) is 27.9. The molecule has 0 amide bonds. The number of hydrogen-bond acceptors (Lipinski definition) is 3. The number of benzene rings is 3. The van der Waals surface area contributed by atoms with Gasteiger partial charge in [0.2, 0.25) is 0 Å². The van der Waals surface area contributed by atoms with Crippen LogP contribution in [0.15, 0.2) is 77.8 Å². The molecular formula is C26H23ClF5N2O3S+. The third-order valence-corrected chi connectivity index (χ3v) is 7.72. The van der Waals surface area contributed by atoms with Crippen molar-refractivity contribution in [3.8, 4) is 5.75 Å².